The van der Waals surface area contributed by atoms with Crippen LogP contribution in [0.15, 0.2) is 65.1 Å². The molecule has 0 unspecified atom stereocenters. The van der Waals surface area contributed by atoms with Gasteiger partial charge in [-0.2, -0.15) is 5.10 Å². The fourth-order valence-corrected chi connectivity index (χ4v) is 2.75. The van der Waals surface area contributed by atoms with E-state index in [2.05, 4.69) is 45.3 Å². The number of halogens is 1. The van der Waals surface area contributed by atoms with Gasteiger partial charge in [0.05, 0.1) is 10.2 Å². The normalized spacial score (nSPS) is 11.0. The summed E-state index contributed by atoms with van der Waals surface area (Å²) in [6.07, 6.45) is 0. The van der Waals surface area contributed by atoms with Gasteiger partial charge in [-0.3, -0.25) is 0 Å². The average molecular weight is 342 g/mol. The van der Waals surface area contributed by atoms with Crippen LogP contribution in [-0.2, 0) is 0 Å². The Bertz CT molecular complexity index is 696. The maximum atomic E-state index is 6.23. The number of hydrogen-bond acceptors (Lipinski definition) is 2. The topological polar surface area (TPSA) is 43.8 Å². The van der Waals surface area contributed by atoms with Crippen molar-refractivity contribution in [3.05, 3.63) is 82.0 Å². The minimum atomic E-state index is -0.0302. The molecule has 0 saturated heterocycles. The van der Waals surface area contributed by atoms with Gasteiger partial charge >= 0.3 is 0 Å². The maximum Gasteiger partial charge on any atom is 0.137 e. The zero-order valence-electron chi connectivity index (χ0n) is 11.7. The first-order valence-electron chi connectivity index (χ1n) is 6.78. The van der Waals surface area contributed by atoms with Gasteiger partial charge < -0.3 is 5.73 Å². The minimum absolute atomic E-state index is 0.0302. The second-order valence-corrected chi connectivity index (χ2v) is 5.75. The highest BCUT2D eigenvalue weighted by Gasteiger charge is 2.21. The number of rotatable bonds is 3. The monoisotopic (exact) mass is 341 g/mol. The molecular formula is C17H16BrN3. The Hall–Kier alpha value is -2.07. The highest BCUT2D eigenvalue weighted by molar-refractivity contribution is 9.10. The van der Waals surface area contributed by atoms with Crippen LogP contribution >= 0.6 is 15.9 Å². The van der Waals surface area contributed by atoms with Crippen molar-refractivity contribution in [1.82, 2.24) is 9.78 Å². The number of aromatic nitrogens is 2. The van der Waals surface area contributed by atoms with Crippen molar-refractivity contribution >= 4 is 21.7 Å². The Morgan fingerprint density at radius 3 is 1.81 bits per heavy atom. The molecule has 1 heterocycles. The quantitative estimate of drug-likeness (QED) is 0.776. The fourth-order valence-electron chi connectivity index (χ4n) is 2.49. The highest BCUT2D eigenvalue weighted by Crippen LogP contribution is 2.32. The molecular weight excluding hydrogens is 326 g/mol. The van der Waals surface area contributed by atoms with Crippen LogP contribution in [0.25, 0.3) is 0 Å². The van der Waals surface area contributed by atoms with E-state index in [1.165, 1.54) is 0 Å². The standard InChI is InChI=1S/C17H16BrN3/c1-12-15(18)17(19)21(20-12)16(13-8-4-2-5-9-13)14-10-6-3-7-11-14/h2-11,16H,19H2,1H3. The van der Waals surface area contributed by atoms with E-state index in [0.29, 0.717) is 5.82 Å². The summed E-state index contributed by atoms with van der Waals surface area (Å²) >= 11 is 3.51. The molecule has 0 aliphatic rings. The van der Waals surface area contributed by atoms with E-state index in [1.54, 1.807) is 0 Å². The molecule has 0 aliphatic heterocycles. The van der Waals surface area contributed by atoms with Gasteiger partial charge in [-0.15, -0.1) is 0 Å². The largest absolute Gasteiger partial charge is 0.383 e. The molecule has 2 aromatic carbocycles. The van der Waals surface area contributed by atoms with Crippen LogP contribution in [0, 0.1) is 6.92 Å². The molecule has 0 saturated carbocycles. The van der Waals surface area contributed by atoms with Gasteiger partial charge in [-0.25, -0.2) is 4.68 Å². The van der Waals surface area contributed by atoms with Crippen molar-refractivity contribution in [3.63, 3.8) is 0 Å². The van der Waals surface area contributed by atoms with Gasteiger partial charge in [0.15, 0.2) is 0 Å². The van der Waals surface area contributed by atoms with Crippen LogP contribution in [0.5, 0.6) is 0 Å². The van der Waals surface area contributed by atoms with Gasteiger partial charge in [-0.1, -0.05) is 60.7 Å². The molecule has 0 bridgehead atoms. The summed E-state index contributed by atoms with van der Waals surface area (Å²) in [7, 11) is 0. The van der Waals surface area contributed by atoms with E-state index >= 15 is 0 Å². The molecule has 0 amide bonds. The molecule has 106 valence electrons. The van der Waals surface area contributed by atoms with E-state index in [9.17, 15) is 0 Å². The summed E-state index contributed by atoms with van der Waals surface area (Å²) in [5.41, 5.74) is 9.44. The number of nitrogens with two attached hydrogens (primary N) is 1. The number of nitrogen functional groups attached to an aromatic ring is 1. The summed E-state index contributed by atoms with van der Waals surface area (Å²) in [4.78, 5) is 0. The number of aryl methyl sites for hydroxylation is 1. The third-order valence-electron chi connectivity index (χ3n) is 3.52. The van der Waals surface area contributed by atoms with Crippen LogP contribution < -0.4 is 5.73 Å². The predicted octanol–water partition coefficient (Wildman–Crippen LogP) is 4.17. The van der Waals surface area contributed by atoms with Gasteiger partial charge in [0.25, 0.3) is 0 Å². The van der Waals surface area contributed by atoms with Crippen LogP contribution in [0.1, 0.15) is 22.9 Å². The van der Waals surface area contributed by atoms with Gasteiger partial charge in [0.2, 0.25) is 0 Å². The zero-order valence-corrected chi connectivity index (χ0v) is 13.3. The summed E-state index contributed by atoms with van der Waals surface area (Å²) in [6.45, 7) is 1.95. The molecule has 3 nitrogen and oxygen atoms in total. The van der Waals surface area contributed by atoms with Crippen molar-refractivity contribution in [2.75, 3.05) is 5.73 Å². The number of anilines is 1. The Morgan fingerprint density at radius 2 is 1.43 bits per heavy atom. The Balaban J connectivity index is 2.20. The van der Waals surface area contributed by atoms with Crippen molar-refractivity contribution in [3.8, 4) is 0 Å². The molecule has 0 atom stereocenters. The number of benzene rings is 2. The predicted molar refractivity (Wildman–Crippen MR) is 89.2 cm³/mol. The molecule has 2 N–H and O–H groups in total. The van der Waals surface area contributed by atoms with E-state index in [4.69, 9.17) is 5.73 Å². The number of nitrogens with zero attached hydrogens (tertiary/aromatic N) is 2. The van der Waals surface area contributed by atoms with Crippen LogP contribution in [0.2, 0.25) is 0 Å². The first-order valence-corrected chi connectivity index (χ1v) is 7.57. The van der Waals surface area contributed by atoms with Crippen molar-refractivity contribution in [2.45, 2.75) is 13.0 Å². The first kappa shape index (κ1) is 13.9. The lowest BCUT2D eigenvalue weighted by Gasteiger charge is -2.20. The van der Waals surface area contributed by atoms with Gasteiger partial charge in [-0.05, 0) is 34.0 Å². The lowest BCUT2D eigenvalue weighted by molar-refractivity contribution is 0.599. The lowest BCUT2D eigenvalue weighted by Crippen LogP contribution is -2.16. The molecule has 0 fully saturated rings. The SMILES string of the molecule is Cc1nn(C(c2ccccc2)c2ccccc2)c(N)c1Br. The fraction of sp³-hybridized carbons (Fsp3) is 0.118. The summed E-state index contributed by atoms with van der Waals surface area (Å²) in [6, 6.07) is 20.5. The third-order valence-corrected chi connectivity index (χ3v) is 4.50. The zero-order chi connectivity index (χ0) is 14.8. The summed E-state index contributed by atoms with van der Waals surface area (Å²) in [5.74, 6) is 0.644. The lowest BCUT2D eigenvalue weighted by atomic mass is 9.99. The smallest absolute Gasteiger partial charge is 0.137 e. The van der Waals surface area contributed by atoms with Gasteiger partial charge in [0.1, 0.15) is 11.9 Å². The molecule has 1 aromatic heterocycles. The molecule has 3 aromatic rings. The molecule has 3 rings (SSSR count). The highest BCUT2D eigenvalue weighted by atomic mass is 79.9. The van der Waals surface area contributed by atoms with Crippen LogP contribution in [0.4, 0.5) is 5.82 Å². The third kappa shape index (κ3) is 2.59. The number of hydrogen-bond donors (Lipinski definition) is 1. The summed E-state index contributed by atoms with van der Waals surface area (Å²) in [5, 5.41) is 4.61. The molecule has 0 spiro atoms. The van der Waals surface area contributed by atoms with E-state index in [-0.39, 0.29) is 6.04 Å². The average Bonchev–Trinajstić information content (AvgIpc) is 2.78. The summed E-state index contributed by atoms with van der Waals surface area (Å²) < 4.78 is 2.74. The van der Waals surface area contributed by atoms with Crippen LogP contribution in [-0.4, -0.2) is 9.78 Å². The molecule has 0 aliphatic carbocycles. The van der Waals surface area contributed by atoms with Crippen molar-refractivity contribution in [1.29, 1.82) is 0 Å². The van der Waals surface area contributed by atoms with Gasteiger partial charge in [0, 0.05) is 0 Å². The Kier molecular flexibility index (Phi) is 3.80. The first-order chi connectivity index (χ1) is 10.2. The Labute approximate surface area is 132 Å². The Morgan fingerprint density at radius 1 is 0.952 bits per heavy atom. The van der Waals surface area contributed by atoms with E-state index in [0.717, 1.165) is 21.3 Å². The maximum absolute atomic E-state index is 6.23. The van der Waals surface area contributed by atoms with Crippen molar-refractivity contribution in [2.24, 2.45) is 0 Å². The second kappa shape index (κ2) is 5.74. The van der Waals surface area contributed by atoms with Crippen molar-refractivity contribution < 1.29 is 0 Å². The van der Waals surface area contributed by atoms with E-state index < -0.39 is 0 Å². The molecule has 0 radical (unpaired) electrons. The second-order valence-electron chi connectivity index (χ2n) is 4.95. The van der Waals surface area contributed by atoms with E-state index in [1.807, 2.05) is 48.0 Å². The molecule has 4 heteroatoms. The van der Waals surface area contributed by atoms with Crippen LogP contribution in [0.3, 0.4) is 0 Å². The minimum Gasteiger partial charge on any atom is -0.383 e. The molecule has 21 heavy (non-hydrogen) atoms.